The Hall–Kier alpha value is -0.575. The van der Waals surface area contributed by atoms with E-state index < -0.39 is 25.0 Å². The van der Waals surface area contributed by atoms with Crippen LogP contribution >= 0.6 is 0 Å². The molecule has 0 N–H and O–H groups in total. The molecule has 0 aromatic heterocycles. The first-order valence-corrected chi connectivity index (χ1v) is 11.4. The molecule has 4 heteroatoms. The Morgan fingerprint density at radius 2 is 2.35 bits per heavy atom. The second-order valence-corrected chi connectivity index (χ2v) is 12.2. The molecule has 1 heterocycles. The zero-order valence-electron chi connectivity index (χ0n) is 10.5. The molecular formula is C13H16HgO3. The van der Waals surface area contributed by atoms with Gasteiger partial charge in [0, 0.05) is 0 Å². The summed E-state index contributed by atoms with van der Waals surface area (Å²) in [5.41, 5.74) is 2.56. The van der Waals surface area contributed by atoms with E-state index in [2.05, 4.69) is 26.0 Å². The SMILES string of the molecule is CC(=O)[O][Hg][CH](C)C1Cc2cc(C)ccc2O1. The molecule has 0 bridgehead atoms. The molecule has 0 fully saturated rings. The maximum atomic E-state index is 10.8. The number of carbonyl (C=O) groups is 1. The molecule has 3 nitrogen and oxygen atoms in total. The molecular weight excluding hydrogens is 405 g/mol. The van der Waals surface area contributed by atoms with Crippen molar-refractivity contribution >= 4 is 5.97 Å². The fourth-order valence-corrected chi connectivity index (χ4v) is 5.87. The predicted molar refractivity (Wildman–Crippen MR) is 60.5 cm³/mol. The van der Waals surface area contributed by atoms with Crippen molar-refractivity contribution < 1.29 is 37.2 Å². The molecule has 0 aliphatic carbocycles. The molecule has 0 amide bonds. The zero-order chi connectivity index (χ0) is 12.4. The molecule has 0 saturated carbocycles. The van der Waals surface area contributed by atoms with Gasteiger partial charge in [-0.1, -0.05) is 0 Å². The van der Waals surface area contributed by atoms with Gasteiger partial charge in [-0.15, -0.1) is 0 Å². The minimum atomic E-state index is -1.60. The van der Waals surface area contributed by atoms with Gasteiger partial charge in [0.15, 0.2) is 0 Å². The van der Waals surface area contributed by atoms with E-state index in [1.807, 2.05) is 6.07 Å². The standard InChI is InChI=1S/C11H13O.C2H4O2.Hg/c1-3-10-7-9-6-8(2)4-5-11(9)12-10;1-2(3)4;/h3-6,10H,7H2,1-2H3;1H3,(H,3,4);/q;;+1/p-1. The molecule has 2 atom stereocenters. The summed E-state index contributed by atoms with van der Waals surface area (Å²) in [6.45, 7) is 5.73. The van der Waals surface area contributed by atoms with Gasteiger partial charge in [0.05, 0.1) is 0 Å². The molecule has 1 aliphatic heterocycles. The third kappa shape index (κ3) is 3.21. The maximum absolute atomic E-state index is 10.8. The number of benzene rings is 1. The van der Waals surface area contributed by atoms with Crippen molar-refractivity contribution in [2.45, 2.75) is 36.7 Å². The van der Waals surface area contributed by atoms with Crippen LogP contribution in [-0.4, -0.2) is 12.1 Å². The van der Waals surface area contributed by atoms with Gasteiger partial charge in [-0.25, -0.2) is 0 Å². The van der Waals surface area contributed by atoms with Crippen LogP contribution in [0.4, 0.5) is 0 Å². The van der Waals surface area contributed by atoms with Crippen molar-refractivity contribution in [1.82, 2.24) is 0 Å². The topological polar surface area (TPSA) is 35.5 Å². The molecule has 2 unspecified atom stereocenters. The zero-order valence-corrected chi connectivity index (χ0v) is 16.0. The Balaban J connectivity index is 1.97. The Morgan fingerprint density at radius 3 is 3.06 bits per heavy atom. The van der Waals surface area contributed by atoms with Gasteiger partial charge in [0.2, 0.25) is 0 Å². The van der Waals surface area contributed by atoms with Crippen molar-refractivity contribution in [3.05, 3.63) is 29.3 Å². The monoisotopic (exact) mass is 422 g/mol. The average Bonchev–Trinajstić information content (AvgIpc) is 2.68. The van der Waals surface area contributed by atoms with Crippen LogP contribution in [0.1, 0.15) is 25.0 Å². The third-order valence-electron chi connectivity index (χ3n) is 3.10. The van der Waals surface area contributed by atoms with E-state index in [4.69, 9.17) is 7.38 Å². The number of rotatable bonds is 3. The van der Waals surface area contributed by atoms with Crippen LogP contribution in [0.15, 0.2) is 18.2 Å². The van der Waals surface area contributed by atoms with Crippen LogP contribution in [0.2, 0.25) is 3.43 Å². The Labute approximate surface area is 115 Å². The first kappa shape index (κ1) is 12.9. The Bertz CT molecular complexity index is 431. The molecule has 1 aromatic carbocycles. The van der Waals surface area contributed by atoms with E-state index in [9.17, 15) is 4.79 Å². The van der Waals surface area contributed by atoms with Crippen molar-refractivity contribution in [3.8, 4) is 5.75 Å². The molecule has 1 aromatic rings. The van der Waals surface area contributed by atoms with Gasteiger partial charge >= 0.3 is 115 Å². The summed E-state index contributed by atoms with van der Waals surface area (Å²) in [6.07, 6.45) is 1.17. The molecule has 2 rings (SSSR count). The second-order valence-electron chi connectivity index (χ2n) is 4.75. The Kier molecular flexibility index (Phi) is 4.07. The van der Waals surface area contributed by atoms with E-state index in [0.29, 0.717) is 3.43 Å². The summed E-state index contributed by atoms with van der Waals surface area (Å²) < 4.78 is 11.6. The molecule has 0 spiro atoms. The van der Waals surface area contributed by atoms with Gasteiger partial charge in [0.25, 0.3) is 0 Å². The van der Waals surface area contributed by atoms with Gasteiger partial charge in [-0.05, 0) is 0 Å². The van der Waals surface area contributed by atoms with Gasteiger partial charge in [-0.3, -0.25) is 0 Å². The van der Waals surface area contributed by atoms with Crippen molar-refractivity contribution in [3.63, 3.8) is 0 Å². The van der Waals surface area contributed by atoms with Crippen molar-refractivity contribution in [2.75, 3.05) is 0 Å². The summed E-state index contributed by atoms with van der Waals surface area (Å²) in [5, 5.41) is 0. The van der Waals surface area contributed by atoms with Gasteiger partial charge in [0.1, 0.15) is 0 Å². The number of aryl methyl sites for hydroxylation is 1. The summed E-state index contributed by atoms with van der Waals surface area (Å²) >= 11 is -1.60. The van der Waals surface area contributed by atoms with Crippen LogP contribution < -0.4 is 4.74 Å². The third-order valence-corrected chi connectivity index (χ3v) is 9.42. The first-order chi connectivity index (χ1) is 8.06. The predicted octanol–water partition coefficient (Wildman–Crippen LogP) is 2.67. The quantitative estimate of drug-likeness (QED) is 0.705. The van der Waals surface area contributed by atoms with Crippen LogP contribution in [-0.2, 0) is 38.9 Å². The van der Waals surface area contributed by atoms with Gasteiger partial charge in [-0.2, -0.15) is 0 Å². The molecule has 17 heavy (non-hydrogen) atoms. The molecule has 1 aliphatic rings. The molecule has 88 valence electrons. The Morgan fingerprint density at radius 1 is 1.59 bits per heavy atom. The normalized spacial score (nSPS) is 18.9. The number of carbonyl (C=O) groups excluding carboxylic acids is 1. The summed E-state index contributed by atoms with van der Waals surface area (Å²) in [5.74, 6) is 0.869. The minimum absolute atomic E-state index is 0.134. The van der Waals surface area contributed by atoms with E-state index in [1.165, 1.54) is 18.1 Å². The van der Waals surface area contributed by atoms with Crippen LogP contribution in [0.3, 0.4) is 0 Å². The van der Waals surface area contributed by atoms with E-state index in [-0.39, 0.29) is 12.1 Å². The summed E-state index contributed by atoms with van der Waals surface area (Å²) in [4.78, 5) is 10.8. The van der Waals surface area contributed by atoms with E-state index >= 15 is 0 Å². The number of hydrogen-bond donors (Lipinski definition) is 0. The number of fused-ring (bicyclic) bond motifs is 1. The molecule has 0 saturated heterocycles. The van der Waals surface area contributed by atoms with Crippen molar-refractivity contribution in [2.24, 2.45) is 0 Å². The second kappa shape index (κ2) is 5.38. The summed E-state index contributed by atoms with van der Waals surface area (Å²) in [7, 11) is 0. The average molecular weight is 421 g/mol. The summed E-state index contributed by atoms with van der Waals surface area (Å²) in [6, 6.07) is 6.30. The van der Waals surface area contributed by atoms with E-state index in [0.717, 1.165) is 12.2 Å². The fraction of sp³-hybridized carbons (Fsp3) is 0.462. The first-order valence-electron chi connectivity index (χ1n) is 5.96. The fourth-order valence-electron chi connectivity index (χ4n) is 2.08. The van der Waals surface area contributed by atoms with Crippen molar-refractivity contribution in [1.29, 1.82) is 0 Å². The van der Waals surface area contributed by atoms with Gasteiger partial charge < -0.3 is 0 Å². The number of ether oxygens (including phenoxy) is 1. The molecule has 0 radical (unpaired) electrons. The van der Waals surface area contributed by atoms with Crippen LogP contribution in [0, 0.1) is 6.92 Å². The van der Waals surface area contributed by atoms with E-state index in [1.54, 1.807) is 0 Å². The number of hydrogen-bond acceptors (Lipinski definition) is 3. The van der Waals surface area contributed by atoms with Crippen LogP contribution in [0.25, 0.3) is 0 Å². The van der Waals surface area contributed by atoms with Crippen LogP contribution in [0.5, 0.6) is 5.75 Å².